The Morgan fingerprint density at radius 2 is 2.53 bits per heavy atom. The van der Waals surface area contributed by atoms with Gasteiger partial charge in [0.2, 0.25) is 0 Å². The monoisotopic (exact) mass is 206 g/mol. The van der Waals surface area contributed by atoms with Crippen molar-refractivity contribution >= 4 is 5.97 Å². The highest BCUT2D eigenvalue weighted by Gasteiger charge is 2.20. The predicted octanol–water partition coefficient (Wildman–Crippen LogP) is 1.29. The molecule has 0 saturated heterocycles. The van der Waals surface area contributed by atoms with Gasteiger partial charge in [-0.3, -0.25) is 15.1 Å². The lowest BCUT2D eigenvalue weighted by Gasteiger charge is -2.15. The number of aryl methyl sites for hydroxylation is 1. The number of hydrogen-bond donors (Lipinski definition) is 2. The second kappa shape index (κ2) is 5.26. The third-order valence-electron chi connectivity index (χ3n) is 2.10. The van der Waals surface area contributed by atoms with Gasteiger partial charge in [-0.05, 0) is 18.6 Å². The van der Waals surface area contributed by atoms with Gasteiger partial charge in [0.15, 0.2) is 0 Å². The Morgan fingerprint density at radius 1 is 1.80 bits per heavy atom. The maximum Gasteiger partial charge on any atom is 0.325 e. The largest absolute Gasteiger partial charge is 0.480 e. The van der Waals surface area contributed by atoms with Crippen LogP contribution in [-0.2, 0) is 4.79 Å². The summed E-state index contributed by atoms with van der Waals surface area (Å²) >= 11 is 0. The third-order valence-corrected chi connectivity index (χ3v) is 2.10. The Bertz CT molecular complexity index is 363. The van der Waals surface area contributed by atoms with Crippen LogP contribution in [0.5, 0.6) is 0 Å². The maximum atomic E-state index is 11.0. The van der Waals surface area contributed by atoms with Gasteiger partial charge in [0, 0.05) is 24.5 Å². The fourth-order valence-electron chi connectivity index (χ4n) is 1.31. The van der Waals surface area contributed by atoms with Crippen molar-refractivity contribution in [3.8, 4) is 0 Å². The summed E-state index contributed by atoms with van der Waals surface area (Å²) in [6.07, 6.45) is 4.84. The molecule has 0 fully saturated rings. The molecule has 0 amide bonds. The number of nitrogens with zero attached hydrogens (tertiary/aromatic N) is 1. The normalized spacial score (nSPS) is 12.1. The van der Waals surface area contributed by atoms with Crippen LogP contribution in [0.2, 0.25) is 0 Å². The molecule has 2 N–H and O–H groups in total. The molecule has 0 spiro atoms. The van der Waals surface area contributed by atoms with E-state index in [2.05, 4.69) is 16.9 Å². The van der Waals surface area contributed by atoms with Gasteiger partial charge in [-0.15, -0.1) is 6.58 Å². The van der Waals surface area contributed by atoms with Crippen LogP contribution in [0.4, 0.5) is 0 Å². The number of aromatic nitrogens is 1. The highest BCUT2D eigenvalue weighted by Crippen LogP contribution is 2.16. The van der Waals surface area contributed by atoms with Crippen molar-refractivity contribution < 1.29 is 9.90 Å². The third kappa shape index (κ3) is 2.89. The molecule has 1 unspecified atom stereocenters. The molecule has 0 aliphatic rings. The van der Waals surface area contributed by atoms with Crippen LogP contribution in [0, 0.1) is 6.92 Å². The van der Waals surface area contributed by atoms with Crippen LogP contribution in [0.1, 0.15) is 17.2 Å². The molecule has 1 rings (SSSR count). The lowest BCUT2D eigenvalue weighted by atomic mass is 10.0. The summed E-state index contributed by atoms with van der Waals surface area (Å²) in [4.78, 5) is 15.0. The Balaban J connectivity index is 2.93. The first-order chi connectivity index (χ1) is 7.16. The van der Waals surface area contributed by atoms with E-state index in [0.717, 1.165) is 5.56 Å². The fourth-order valence-corrected chi connectivity index (χ4v) is 1.31. The second-order valence-corrected chi connectivity index (χ2v) is 3.20. The van der Waals surface area contributed by atoms with Crippen molar-refractivity contribution in [3.05, 3.63) is 42.2 Å². The van der Waals surface area contributed by atoms with Crippen molar-refractivity contribution in [2.24, 2.45) is 0 Å². The summed E-state index contributed by atoms with van der Waals surface area (Å²) in [5, 5.41) is 11.9. The van der Waals surface area contributed by atoms with E-state index in [-0.39, 0.29) is 0 Å². The van der Waals surface area contributed by atoms with E-state index in [4.69, 9.17) is 5.11 Å². The molecule has 1 aromatic rings. The molecule has 80 valence electrons. The quantitative estimate of drug-likeness (QED) is 0.713. The number of carboxylic acids is 1. The number of carboxylic acid groups (broad SMARTS) is 1. The van der Waals surface area contributed by atoms with Gasteiger partial charge in [0.05, 0.1) is 0 Å². The van der Waals surface area contributed by atoms with Gasteiger partial charge in [-0.1, -0.05) is 6.08 Å². The summed E-state index contributed by atoms with van der Waals surface area (Å²) in [5.74, 6) is -0.909. The van der Waals surface area contributed by atoms with E-state index < -0.39 is 12.0 Å². The molecule has 1 heterocycles. The van der Waals surface area contributed by atoms with Crippen molar-refractivity contribution in [2.75, 3.05) is 6.54 Å². The Kier molecular flexibility index (Phi) is 4.00. The van der Waals surface area contributed by atoms with Crippen LogP contribution < -0.4 is 5.32 Å². The first kappa shape index (κ1) is 11.4. The summed E-state index contributed by atoms with van der Waals surface area (Å²) in [6.45, 7) is 5.85. The minimum atomic E-state index is -0.909. The molecule has 0 aromatic carbocycles. The standard InChI is InChI=1S/C11H14N2O2/c1-3-5-13-10(11(14)15)9-7-12-6-4-8(9)2/h3-4,6-7,10,13H,1,5H2,2H3,(H,14,15). The smallest absolute Gasteiger partial charge is 0.325 e. The zero-order valence-corrected chi connectivity index (χ0v) is 8.60. The molecule has 1 aromatic heterocycles. The van der Waals surface area contributed by atoms with Gasteiger partial charge in [0.1, 0.15) is 6.04 Å². The van der Waals surface area contributed by atoms with Crippen LogP contribution >= 0.6 is 0 Å². The molecule has 0 aliphatic heterocycles. The summed E-state index contributed by atoms with van der Waals surface area (Å²) in [7, 11) is 0. The fraction of sp³-hybridized carbons (Fsp3) is 0.273. The van der Waals surface area contributed by atoms with Crippen LogP contribution in [-0.4, -0.2) is 22.6 Å². The SMILES string of the molecule is C=CCNC(C(=O)O)c1cnccc1C. The van der Waals surface area contributed by atoms with Crippen molar-refractivity contribution in [1.82, 2.24) is 10.3 Å². The number of aliphatic carboxylic acids is 1. The summed E-state index contributed by atoms with van der Waals surface area (Å²) in [6, 6.07) is 1.07. The molecule has 0 aliphatic carbocycles. The molecule has 15 heavy (non-hydrogen) atoms. The molecular formula is C11H14N2O2. The average molecular weight is 206 g/mol. The highest BCUT2D eigenvalue weighted by atomic mass is 16.4. The van der Waals surface area contributed by atoms with Gasteiger partial charge >= 0.3 is 5.97 Å². The summed E-state index contributed by atoms with van der Waals surface area (Å²) in [5.41, 5.74) is 1.60. The molecule has 0 saturated carbocycles. The maximum absolute atomic E-state index is 11.0. The van der Waals surface area contributed by atoms with E-state index in [1.54, 1.807) is 24.5 Å². The topological polar surface area (TPSA) is 62.2 Å². The number of nitrogens with one attached hydrogen (secondary N) is 1. The zero-order valence-electron chi connectivity index (χ0n) is 8.60. The zero-order chi connectivity index (χ0) is 11.3. The first-order valence-corrected chi connectivity index (χ1v) is 4.64. The highest BCUT2D eigenvalue weighted by molar-refractivity contribution is 5.75. The number of rotatable bonds is 5. The van der Waals surface area contributed by atoms with Crippen LogP contribution in [0.3, 0.4) is 0 Å². The number of pyridine rings is 1. The van der Waals surface area contributed by atoms with E-state index in [1.807, 2.05) is 6.92 Å². The van der Waals surface area contributed by atoms with Gasteiger partial charge in [-0.2, -0.15) is 0 Å². The number of carbonyl (C=O) groups is 1. The van der Waals surface area contributed by atoms with Crippen molar-refractivity contribution in [1.29, 1.82) is 0 Å². The van der Waals surface area contributed by atoms with Crippen LogP contribution in [0.25, 0.3) is 0 Å². The Hall–Kier alpha value is -1.68. The van der Waals surface area contributed by atoms with Crippen molar-refractivity contribution in [2.45, 2.75) is 13.0 Å². The average Bonchev–Trinajstić information content (AvgIpc) is 2.20. The predicted molar refractivity (Wildman–Crippen MR) is 57.6 cm³/mol. The van der Waals surface area contributed by atoms with E-state index in [9.17, 15) is 4.79 Å². The Labute approximate surface area is 88.7 Å². The lowest BCUT2D eigenvalue weighted by Crippen LogP contribution is -2.29. The second-order valence-electron chi connectivity index (χ2n) is 3.20. The van der Waals surface area contributed by atoms with Gasteiger partial charge < -0.3 is 5.11 Å². The van der Waals surface area contributed by atoms with Crippen molar-refractivity contribution in [3.63, 3.8) is 0 Å². The minimum Gasteiger partial charge on any atom is -0.480 e. The molecule has 4 heteroatoms. The summed E-state index contributed by atoms with van der Waals surface area (Å²) < 4.78 is 0. The minimum absolute atomic E-state index is 0.450. The van der Waals surface area contributed by atoms with Gasteiger partial charge in [0.25, 0.3) is 0 Å². The Morgan fingerprint density at radius 3 is 3.07 bits per heavy atom. The molecule has 1 atom stereocenters. The molecule has 0 bridgehead atoms. The first-order valence-electron chi connectivity index (χ1n) is 4.64. The van der Waals surface area contributed by atoms with E-state index >= 15 is 0 Å². The molecular weight excluding hydrogens is 192 g/mol. The van der Waals surface area contributed by atoms with Gasteiger partial charge in [-0.25, -0.2) is 0 Å². The number of hydrogen-bond acceptors (Lipinski definition) is 3. The van der Waals surface area contributed by atoms with Crippen LogP contribution in [0.15, 0.2) is 31.1 Å². The molecule has 0 radical (unpaired) electrons. The van der Waals surface area contributed by atoms with E-state index in [1.165, 1.54) is 0 Å². The van der Waals surface area contributed by atoms with E-state index in [0.29, 0.717) is 12.1 Å². The lowest BCUT2D eigenvalue weighted by molar-refractivity contribution is -0.139. The molecule has 4 nitrogen and oxygen atoms in total.